The number of pyridine rings is 1. The Morgan fingerprint density at radius 1 is 1.47 bits per heavy atom. The van der Waals surface area contributed by atoms with Crippen molar-refractivity contribution in [2.45, 2.75) is 32.4 Å². The third-order valence-electron chi connectivity index (χ3n) is 4.00. The molecule has 1 fully saturated rings. The molecule has 5 heteroatoms. The van der Waals surface area contributed by atoms with Gasteiger partial charge in [-0.2, -0.15) is 0 Å². The van der Waals surface area contributed by atoms with Crippen LogP contribution in [0.15, 0.2) is 12.3 Å². The highest BCUT2D eigenvalue weighted by Crippen LogP contribution is 2.24. The second-order valence-electron chi connectivity index (χ2n) is 5.07. The van der Waals surface area contributed by atoms with Crippen LogP contribution >= 0.6 is 11.6 Å². The number of aliphatic hydroxyl groups excluding tert-OH is 1. The fourth-order valence-corrected chi connectivity index (χ4v) is 2.75. The van der Waals surface area contributed by atoms with Gasteiger partial charge in [-0.05, 0) is 25.5 Å². The fraction of sp³-hybridized carbons (Fsp3) is 0.643. The number of likely N-dealkylation sites (tertiary alicyclic amines) is 1. The molecule has 0 aliphatic carbocycles. The van der Waals surface area contributed by atoms with Crippen molar-refractivity contribution in [2.75, 3.05) is 31.6 Å². The number of nitrogens with zero attached hydrogens (tertiary/aromatic N) is 3. The molecule has 0 atom stereocenters. The van der Waals surface area contributed by atoms with E-state index in [1.54, 1.807) is 6.20 Å². The van der Waals surface area contributed by atoms with Crippen LogP contribution in [-0.2, 0) is 6.61 Å². The molecular weight excluding hydrogens is 262 g/mol. The third-order valence-corrected chi connectivity index (χ3v) is 4.34. The van der Waals surface area contributed by atoms with E-state index in [4.69, 9.17) is 11.6 Å². The Balaban J connectivity index is 2.05. The van der Waals surface area contributed by atoms with Crippen LogP contribution in [0.2, 0.25) is 5.02 Å². The van der Waals surface area contributed by atoms with Gasteiger partial charge in [-0.25, -0.2) is 4.98 Å². The first-order chi connectivity index (χ1) is 9.15. The Kier molecular flexibility index (Phi) is 5.02. The van der Waals surface area contributed by atoms with E-state index in [0.717, 1.165) is 43.9 Å². The minimum absolute atomic E-state index is 0.0452. The summed E-state index contributed by atoms with van der Waals surface area (Å²) >= 11 is 5.98. The molecule has 1 N–H and O–H groups in total. The van der Waals surface area contributed by atoms with Crippen LogP contribution in [0.25, 0.3) is 0 Å². The van der Waals surface area contributed by atoms with Crippen LogP contribution in [0, 0.1) is 0 Å². The molecule has 1 aromatic heterocycles. The number of hydrogen-bond donors (Lipinski definition) is 1. The molecule has 19 heavy (non-hydrogen) atoms. The molecule has 0 aromatic carbocycles. The maximum Gasteiger partial charge on any atom is 0.128 e. The zero-order valence-electron chi connectivity index (χ0n) is 11.6. The lowest BCUT2D eigenvalue weighted by atomic mass is 10.0. The lowest BCUT2D eigenvalue weighted by molar-refractivity contribution is 0.220. The van der Waals surface area contributed by atoms with Gasteiger partial charge in [0.05, 0.1) is 11.6 Å². The normalized spacial score (nSPS) is 17.7. The lowest BCUT2D eigenvalue weighted by Gasteiger charge is -2.37. The van der Waals surface area contributed by atoms with Crippen LogP contribution in [0.4, 0.5) is 5.82 Å². The summed E-state index contributed by atoms with van der Waals surface area (Å²) in [5, 5.41) is 9.79. The van der Waals surface area contributed by atoms with Crippen molar-refractivity contribution in [3.8, 4) is 0 Å². The predicted octanol–water partition coefficient (Wildman–Crippen LogP) is 2.15. The first-order valence-corrected chi connectivity index (χ1v) is 7.24. The maximum atomic E-state index is 9.26. The first-order valence-electron chi connectivity index (χ1n) is 6.86. The van der Waals surface area contributed by atoms with Crippen molar-refractivity contribution in [3.63, 3.8) is 0 Å². The minimum Gasteiger partial charge on any atom is -0.392 e. The molecule has 0 spiro atoms. The van der Waals surface area contributed by atoms with Crippen LogP contribution in [-0.4, -0.2) is 47.7 Å². The van der Waals surface area contributed by atoms with Gasteiger partial charge in [0.2, 0.25) is 0 Å². The second kappa shape index (κ2) is 6.55. The highest BCUT2D eigenvalue weighted by Gasteiger charge is 2.22. The van der Waals surface area contributed by atoms with E-state index in [1.165, 1.54) is 0 Å². The summed E-state index contributed by atoms with van der Waals surface area (Å²) in [5.74, 6) is 0.892. The Morgan fingerprint density at radius 3 is 2.74 bits per heavy atom. The Bertz CT molecular complexity index is 419. The molecule has 0 radical (unpaired) electrons. The topological polar surface area (TPSA) is 39.6 Å². The van der Waals surface area contributed by atoms with Crippen LogP contribution in [0.1, 0.15) is 25.3 Å². The molecular formula is C14H22ClN3O. The number of piperidine rings is 1. The predicted molar refractivity (Wildman–Crippen MR) is 78.7 cm³/mol. The molecule has 0 saturated carbocycles. The molecule has 0 bridgehead atoms. The zero-order valence-corrected chi connectivity index (χ0v) is 12.4. The van der Waals surface area contributed by atoms with Gasteiger partial charge in [-0.1, -0.05) is 18.5 Å². The molecule has 2 heterocycles. The highest BCUT2D eigenvalue weighted by molar-refractivity contribution is 6.31. The summed E-state index contributed by atoms with van der Waals surface area (Å²) in [5.41, 5.74) is 0.740. The van der Waals surface area contributed by atoms with Gasteiger partial charge >= 0.3 is 0 Å². The van der Waals surface area contributed by atoms with Crippen molar-refractivity contribution < 1.29 is 5.11 Å². The van der Waals surface area contributed by atoms with Crippen LogP contribution in [0.3, 0.4) is 0 Å². The highest BCUT2D eigenvalue weighted by atomic mass is 35.5. The molecule has 4 nitrogen and oxygen atoms in total. The van der Waals surface area contributed by atoms with Crippen molar-refractivity contribution in [1.82, 2.24) is 9.88 Å². The van der Waals surface area contributed by atoms with Gasteiger partial charge in [0.25, 0.3) is 0 Å². The lowest BCUT2D eigenvalue weighted by Crippen LogP contribution is -2.43. The van der Waals surface area contributed by atoms with Crippen molar-refractivity contribution in [1.29, 1.82) is 0 Å². The summed E-state index contributed by atoms with van der Waals surface area (Å²) in [7, 11) is 2.07. The smallest absolute Gasteiger partial charge is 0.128 e. The Labute approximate surface area is 120 Å². The summed E-state index contributed by atoms with van der Waals surface area (Å²) in [6.07, 6.45) is 3.94. The standard InChI is InChI=1S/C14H22ClN3O/c1-3-18-6-4-12(5-7-18)17(2)14-8-11(10-19)13(15)9-16-14/h8-9,12,19H,3-7,10H2,1-2H3. The summed E-state index contributed by atoms with van der Waals surface area (Å²) in [6.45, 7) is 5.58. The molecule has 106 valence electrons. The van der Waals surface area contributed by atoms with Gasteiger partial charge in [0.15, 0.2) is 0 Å². The van der Waals surface area contributed by atoms with Crippen molar-refractivity contribution in [2.24, 2.45) is 0 Å². The summed E-state index contributed by atoms with van der Waals surface area (Å²) < 4.78 is 0. The quantitative estimate of drug-likeness (QED) is 0.919. The van der Waals surface area contributed by atoms with E-state index in [-0.39, 0.29) is 6.61 Å². The number of hydrogen-bond acceptors (Lipinski definition) is 4. The average Bonchev–Trinajstić information content (AvgIpc) is 2.47. The Hall–Kier alpha value is -0.840. The third kappa shape index (κ3) is 3.38. The molecule has 0 amide bonds. The fourth-order valence-electron chi connectivity index (χ4n) is 2.59. The largest absolute Gasteiger partial charge is 0.392 e. The van der Waals surface area contributed by atoms with E-state index in [9.17, 15) is 5.11 Å². The van der Waals surface area contributed by atoms with Crippen LogP contribution in [0.5, 0.6) is 0 Å². The van der Waals surface area contributed by atoms with E-state index in [2.05, 4.69) is 28.8 Å². The van der Waals surface area contributed by atoms with Crippen LogP contribution < -0.4 is 4.90 Å². The average molecular weight is 284 g/mol. The monoisotopic (exact) mass is 283 g/mol. The molecule has 1 aromatic rings. The van der Waals surface area contributed by atoms with Gasteiger partial charge in [-0.3, -0.25) is 0 Å². The molecule has 2 rings (SSSR count). The summed E-state index contributed by atoms with van der Waals surface area (Å²) in [4.78, 5) is 9.05. The minimum atomic E-state index is -0.0452. The van der Waals surface area contributed by atoms with E-state index in [1.807, 2.05) is 6.07 Å². The van der Waals surface area contributed by atoms with E-state index < -0.39 is 0 Å². The number of halogens is 1. The van der Waals surface area contributed by atoms with E-state index >= 15 is 0 Å². The van der Waals surface area contributed by atoms with Gasteiger partial charge in [-0.15, -0.1) is 0 Å². The van der Waals surface area contributed by atoms with Gasteiger partial charge in [0, 0.05) is 37.9 Å². The zero-order chi connectivity index (χ0) is 13.8. The first kappa shape index (κ1) is 14.6. The number of rotatable bonds is 4. The number of aromatic nitrogens is 1. The van der Waals surface area contributed by atoms with Crippen molar-refractivity contribution in [3.05, 3.63) is 22.8 Å². The summed E-state index contributed by atoms with van der Waals surface area (Å²) in [6, 6.07) is 2.40. The molecule has 1 aliphatic rings. The number of aliphatic hydroxyl groups is 1. The van der Waals surface area contributed by atoms with Gasteiger partial charge in [0.1, 0.15) is 5.82 Å². The van der Waals surface area contributed by atoms with E-state index in [0.29, 0.717) is 11.1 Å². The molecule has 0 unspecified atom stereocenters. The van der Waals surface area contributed by atoms with Crippen molar-refractivity contribution >= 4 is 17.4 Å². The Morgan fingerprint density at radius 2 is 2.16 bits per heavy atom. The SMILES string of the molecule is CCN1CCC(N(C)c2cc(CO)c(Cl)cn2)CC1. The molecule has 1 saturated heterocycles. The second-order valence-corrected chi connectivity index (χ2v) is 5.48. The van der Waals surface area contributed by atoms with Gasteiger partial charge < -0.3 is 14.9 Å². The number of anilines is 1. The molecule has 1 aliphatic heterocycles. The maximum absolute atomic E-state index is 9.26.